The van der Waals surface area contributed by atoms with Gasteiger partial charge in [-0.1, -0.05) is 18.3 Å². The summed E-state index contributed by atoms with van der Waals surface area (Å²) >= 11 is 1.27. The number of rotatable bonds is 8. The second-order valence-electron chi connectivity index (χ2n) is 4.99. The molecule has 2 aromatic rings. The van der Waals surface area contributed by atoms with Crippen LogP contribution >= 0.6 is 11.3 Å². The summed E-state index contributed by atoms with van der Waals surface area (Å²) in [5.74, 6) is -0.454. The Morgan fingerprint density at radius 3 is 2.54 bits per heavy atom. The topological polar surface area (TPSA) is 93.2 Å². The van der Waals surface area contributed by atoms with E-state index in [2.05, 4.69) is 20.8 Å². The number of carbonyl (C=O) groups excluding carboxylic acids is 2. The summed E-state index contributed by atoms with van der Waals surface area (Å²) in [4.78, 5) is 24.0. The molecule has 0 fully saturated rings. The first-order valence-corrected chi connectivity index (χ1v) is 8.46. The highest BCUT2D eigenvalue weighted by Gasteiger charge is 2.12. The molecular formula is C16H20N4O3S. The number of benzene rings is 1. The number of anilines is 1. The maximum atomic E-state index is 12.1. The van der Waals surface area contributed by atoms with Crippen LogP contribution in [-0.2, 0) is 11.2 Å². The van der Waals surface area contributed by atoms with Crippen molar-refractivity contribution in [3.63, 3.8) is 0 Å². The summed E-state index contributed by atoms with van der Waals surface area (Å²) in [5.41, 5.74) is 1.14. The maximum absolute atomic E-state index is 12.1. The number of amides is 2. The molecule has 0 unspecified atom stereocenters. The number of nitrogens with one attached hydrogen (secondary N) is 2. The Kier molecular flexibility index (Phi) is 6.83. The number of carbonyl (C=O) groups is 2. The molecule has 2 amide bonds. The van der Waals surface area contributed by atoms with Crippen LogP contribution in [0.15, 0.2) is 24.3 Å². The van der Waals surface area contributed by atoms with E-state index >= 15 is 0 Å². The van der Waals surface area contributed by atoms with Crippen molar-refractivity contribution in [2.24, 2.45) is 0 Å². The summed E-state index contributed by atoms with van der Waals surface area (Å²) in [5, 5.41) is 14.5. The fraction of sp³-hybridized carbons (Fsp3) is 0.375. The van der Waals surface area contributed by atoms with Crippen molar-refractivity contribution in [2.45, 2.75) is 19.8 Å². The van der Waals surface area contributed by atoms with Gasteiger partial charge in [0.1, 0.15) is 5.01 Å². The second-order valence-corrected chi connectivity index (χ2v) is 6.05. The van der Waals surface area contributed by atoms with Crippen LogP contribution in [0.4, 0.5) is 5.69 Å². The lowest BCUT2D eigenvalue weighted by Crippen LogP contribution is -2.25. The number of hydrogen-bond donors (Lipinski definition) is 2. The van der Waals surface area contributed by atoms with E-state index in [4.69, 9.17) is 4.74 Å². The number of ether oxygens (including phenoxy) is 1. The number of nitrogens with zero attached hydrogens (tertiary/aromatic N) is 2. The molecule has 0 aliphatic carbocycles. The van der Waals surface area contributed by atoms with Crippen LogP contribution in [0, 0.1) is 0 Å². The molecule has 1 aromatic carbocycles. The van der Waals surface area contributed by atoms with Gasteiger partial charge in [-0.05, 0) is 37.1 Å². The summed E-state index contributed by atoms with van der Waals surface area (Å²) < 4.78 is 4.93. The highest BCUT2D eigenvalue weighted by Crippen LogP contribution is 2.14. The number of hydrogen-bond acceptors (Lipinski definition) is 6. The number of aromatic nitrogens is 2. The van der Waals surface area contributed by atoms with Crippen molar-refractivity contribution < 1.29 is 14.3 Å². The third-order valence-electron chi connectivity index (χ3n) is 3.18. The van der Waals surface area contributed by atoms with Gasteiger partial charge >= 0.3 is 0 Å². The largest absolute Gasteiger partial charge is 0.385 e. The van der Waals surface area contributed by atoms with Gasteiger partial charge in [-0.25, -0.2) is 0 Å². The minimum absolute atomic E-state index is 0.152. The van der Waals surface area contributed by atoms with Gasteiger partial charge in [-0.3, -0.25) is 9.59 Å². The zero-order valence-corrected chi connectivity index (χ0v) is 14.5. The van der Waals surface area contributed by atoms with Crippen molar-refractivity contribution >= 4 is 28.8 Å². The first-order chi connectivity index (χ1) is 11.6. The van der Waals surface area contributed by atoms with Gasteiger partial charge in [-0.2, -0.15) is 0 Å². The highest BCUT2D eigenvalue weighted by atomic mass is 32.1. The van der Waals surface area contributed by atoms with Gasteiger partial charge in [0.2, 0.25) is 5.01 Å². The Bertz CT molecular complexity index is 685. The lowest BCUT2D eigenvalue weighted by molar-refractivity contribution is 0.0948. The fourth-order valence-corrected chi connectivity index (χ4v) is 2.57. The standard InChI is InChI=1S/C16H20N4O3S/c1-3-13-19-20-16(24-13)15(22)18-12-7-5-11(6-8-12)14(21)17-9-4-10-23-2/h5-8H,3-4,9-10H2,1-2H3,(H,17,21)(H,18,22). The van der Waals surface area contributed by atoms with Crippen LogP contribution in [0.2, 0.25) is 0 Å². The third kappa shape index (κ3) is 5.10. The number of aryl methyl sites for hydroxylation is 1. The van der Waals surface area contributed by atoms with Crippen LogP contribution in [0.3, 0.4) is 0 Å². The summed E-state index contributed by atoms with van der Waals surface area (Å²) in [6, 6.07) is 6.70. The Morgan fingerprint density at radius 1 is 1.17 bits per heavy atom. The predicted molar refractivity (Wildman–Crippen MR) is 92.5 cm³/mol. The minimum atomic E-state index is -0.302. The van der Waals surface area contributed by atoms with Gasteiger partial charge in [-0.15, -0.1) is 10.2 Å². The van der Waals surface area contributed by atoms with Gasteiger partial charge < -0.3 is 15.4 Å². The molecule has 24 heavy (non-hydrogen) atoms. The van der Waals surface area contributed by atoms with Gasteiger partial charge in [0.15, 0.2) is 0 Å². The maximum Gasteiger partial charge on any atom is 0.286 e. The highest BCUT2D eigenvalue weighted by molar-refractivity contribution is 7.13. The predicted octanol–water partition coefficient (Wildman–Crippen LogP) is 2.12. The first-order valence-electron chi connectivity index (χ1n) is 7.65. The summed E-state index contributed by atoms with van der Waals surface area (Å²) in [7, 11) is 1.62. The number of methoxy groups -OCH3 is 1. The lowest BCUT2D eigenvalue weighted by Gasteiger charge is -2.06. The second kappa shape index (κ2) is 9.09. The quantitative estimate of drug-likeness (QED) is 0.713. The Morgan fingerprint density at radius 2 is 1.92 bits per heavy atom. The Labute approximate surface area is 144 Å². The van der Waals surface area contributed by atoms with E-state index in [1.807, 2.05) is 6.92 Å². The van der Waals surface area contributed by atoms with Gasteiger partial charge in [0.05, 0.1) is 0 Å². The van der Waals surface area contributed by atoms with E-state index in [0.29, 0.717) is 29.4 Å². The Hall–Kier alpha value is -2.32. The van der Waals surface area contributed by atoms with E-state index in [0.717, 1.165) is 17.8 Å². The molecule has 0 aliphatic rings. The van der Waals surface area contributed by atoms with Crippen molar-refractivity contribution in [3.8, 4) is 0 Å². The minimum Gasteiger partial charge on any atom is -0.385 e. The molecule has 0 saturated heterocycles. The smallest absolute Gasteiger partial charge is 0.286 e. The zero-order valence-electron chi connectivity index (χ0n) is 13.7. The third-order valence-corrected chi connectivity index (χ3v) is 4.25. The van der Waals surface area contributed by atoms with Crippen molar-refractivity contribution in [1.82, 2.24) is 15.5 Å². The fourth-order valence-electron chi connectivity index (χ4n) is 1.90. The average molecular weight is 348 g/mol. The monoisotopic (exact) mass is 348 g/mol. The molecule has 0 saturated carbocycles. The van der Waals surface area contributed by atoms with Crippen molar-refractivity contribution in [3.05, 3.63) is 39.8 Å². The Balaban J connectivity index is 1.89. The summed E-state index contributed by atoms with van der Waals surface area (Å²) in [6.45, 7) is 3.12. The van der Waals surface area contributed by atoms with Crippen molar-refractivity contribution in [1.29, 1.82) is 0 Å². The lowest BCUT2D eigenvalue weighted by atomic mass is 10.2. The molecule has 0 atom stereocenters. The molecule has 128 valence electrons. The molecule has 0 bridgehead atoms. The molecule has 7 nitrogen and oxygen atoms in total. The molecule has 1 aromatic heterocycles. The molecule has 2 N–H and O–H groups in total. The summed E-state index contributed by atoms with van der Waals surface area (Å²) in [6.07, 6.45) is 1.51. The SMILES string of the molecule is CCc1nnc(C(=O)Nc2ccc(C(=O)NCCCOC)cc2)s1. The van der Waals surface area contributed by atoms with Crippen LogP contribution < -0.4 is 10.6 Å². The van der Waals surface area contributed by atoms with E-state index in [-0.39, 0.29) is 11.8 Å². The molecule has 1 heterocycles. The molecule has 0 aliphatic heterocycles. The molecule has 0 spiro atoms. The van der Waals surface area contributed by atoms with Gasteiger partial charge in [0.25, 0.3) is 11.8 Å². The molecular weight excluding hydrogens is 328 g/mol. The van der Waals surface area contributed by atoms with Gasteiger partial charge in [0, 0.05) is 31.5 Å². The van der Waals surface area contributed by atoms with Crippen LogP contribution in [-0.4, -0.2) is 42.3 Å². The van der Waals surface area contributed by atoms with E-state index in [1.54, 1.807) is 31.4 Å². The average Bonchev–Trinajstić information content (AvgIpc) is 3.08. The molecule has 8 heteroatoms. The van der Waals surface area contributed by atoms with Crippen LogP contribution in [0.1, 0.15) is 38.5 Å². The normalized spacial score (nSPS) is 10.4. The zero-order chi connectivity index (χ0) is 17.4. The van der Waals surface area contributed by atoms with Crippen molar-refractivity contribution in [2.75, 3.05) is 25.6 Å². The van der Waals surface area contributed by atoms with E-state index < -0.39 is 0 Å². The van der Waals surface area contributed by atoms with Crippen LogP contribution in [0.5, 0.6) is 0 Å². The van der Waals surface area contributed by atoms with Crippen LogP contribution in [0.25, 0.3) is 0 Å². The van der Waals surface area contributed by atoms with E-state index in [1.165, 1.54) is 11.3 Å². The van der Waals surface area contributed by atoms with E-state index in [9.17, 15) is 9.59 Å². The molecule has 0 radical (unpaired) electrons. The molecule has 2 rings (SSSR count). The first kappa shape index (κ1) is 18.0.